The van der Waals surface area contributed by atoms with Crippen molar-refractivity contribution in [3.05, 3.63) is 59.9 Å². The molecule has 0 fully saturated rings. The number of hydrogen-bond acceptors (Lipinski definition) is 4. The van der Waals surface area contributed by atoms with E-state index < -0.39 is 19.9 Å². The zero-order valence-corrected chi connectivity index (χ0v) is 17.5. The number of alkyl halides is 3. The molecule has 0 saturated carbocycles. The molecule has 30 heavy (non-hydrogen) atoms. The summed E-state index contributed by atoms with van der Waals surface area (Å²) >= 11 is 0. The minimum atomic E-state index is -4.48. The Morgan fingerprint density at radius 2 is 1.30 bits per heavy atom. The third-order valence-corrected chi connectivity index (χ3v) is 8.01. The van der Waals surface area contributed by atoms with Gasteiger partial charge in [0.2, 0.25) is 0 Å². The molecule has 0 aliphatic heterocycles. The number of aryl methyl sites for hydroxylation is 1. The van der Waals surface area contributed by atoms with Crippen molar-refractivity contribution in [2.75, 3.05) is 0 Å². The second-order valence-corrected chi connectivity index (χ2v) is 11.8. The summed E-state index contributed by atoms with van der Waals surface area (Å²) in [4.78, 5) is 9.45. The van der Waals surface area contributed by atoms with Crippen molar-refractivity contribution in [1.29, 1.82) is 0 Å². The van der Waals surface area contributed by atoms with Gasteiger partial charge >= 0.3 is 6.18 Å². The van der Waals surface area contributed by atoms with Crippen LogP contribution in [0, 0.1) is 6.92 Å². The SMILES string of the molecule is Cc1cc(-c2cccc([Si](C)(C)c3cccc(-c4cc(C(F)(F)F)[nH]n4)n3)n2)n[nH]1. The summed E-state index contributed by atoms with van der Waals surface area (Å²) in [6, 6.07) is 14.0. The van der Waals surface area contributed by atoms with Gasteiger partial charge in [-0.2, -0.15) is 23.4 Å². The van der Waals surface area contributed by atoms with E-state index in [1.54, 1.807) is 12.1 Å². The molecule has 6 nitrogen and oxygen atoms in total. The number of aromatic amines is 2. The molecule has 10 heteroatoms. The summed E-state index contributed by atoms with van der Waals surface area (Å²) in [6.07, 6.45) is -4.48. The number of nitrogens with one attached hydrogen (secondary N) is 2. The van der Waals surface area contributed by atoms with Crippen LogP contribution in [0.15, 0.2) is 48.5 Å². The second kappa shape index (κ2) is 7.20. The van der Waals surface area contributed by atoms with Gasteiger partial charge in [-0.3, -0.25) is 20.2 Å². The third-order valence-electron chi connectivity index (χ3n) is 4.89. The number of halogens is 3. The predicted octanol–water partition coefficient (Wildman–Crippen LogP) is 3.41. The lowest BCUT2D eigenvalue weighted by molar-refractivity contribution is -0.141. The van der Waals surface area contributed by atoms with E-state index in [4.69, 9.17) is 4.98 Å². The Hall–Kier alpha value is -3.27. The highest BCUT2D eigenvalue weighted by molar-refractivity contribution is 6.99. The lowest BCUT2D eigenvalue weighted by Crippen LogP contribution is -2.55. The van der Waals surface area contributed by atoms with Crippen LogP contribution in [0.5, 0.6) is 0 Å². The fraction of sp³-hybridized carbons (Fsp3) is 0.200. The molecule has 0 aliphatic rings. The molecule has 0 aliphatic carbocycles. The monoisotopic (exact) mass is 428 g/mol. The summed E-state index contributed by atoms with van der Waals surface area (Å²) in [6.45, 7) is 6.13. The molecule has 0 unspecified atom stereocenters. The highest BCUT2D eigenvalue weighted by atomic mass is 28.3. The van der Waals surface area contributed by atoms with Gasteiger partial charge < -0.3 is 0 Å². The molecule has 4 heterocycles. The molecule has 154 valence electrons. The lowest BCUT2D eigenvalue weighted by atomic mass is 10.2. The molecule has 0 radical (unpaired) electrons. The first kappa shape index (κ1) is 20.0. The highest BCUT2D eigenvalue weighted by Crippen LogP contribution is 2.29. The van der Waals surface area contributed by atoms with Crippen molar-refractivity contribution in [3.8, 4) is 22.8 Å². The molecule has 4 aromatic heterocycles. The minimum Gasteiger partial charge on any atom is -0.282 e. The van der Waals surface area contributed by atoms with E-state index in [9.17, 15) is 13.2 Å². The molecule has 4 rings (SSSR count). The molecule has 0 atom stereocenters. The zero-order valence-electron chi connectivity index (χ0n) is 16.5. The van der Waals surface area contributed by atoms with E-state index in [1.165, 1.54) is 0 Å². The van der Waals surface area contributed by atoms with E-state index in [2.05, 4.69) is 33.4 Å². The van der Waals surface area contributed by atoms with Crippen LogP contribution in [0.1, 0.15) is 11.4 Å². The summed E-state index contributed by atoms with van der Waals surface area (Å²) in [5.41, 5.74) is 2.11. The molecule has 2 N–H and O–H groups in total. The van der Waals surface area contributed by atoms with E-state index in [0.717, 1.165) is 33.8 Å². The number of rotatable bonds is 4. The van der Waals surface area contributed by atoms with Crippen LogP contribution in [0.25, 0.3) is 22.8 Å². The molecule has 0 amide bonds. The number of aromatic nitrogens is 6. The Balaban J connectivity index is 1.70. The van der Waals surface area contributed by atoms with Gasteiger partial charge in [0.15, 0.2) is 8.07 Å². The molecular weight excluding hydrogens is 409 g/mol. The maximum Gasteiger partial charge on any atom is 0.432 e. The van der Waals surface area contributed by atoms with Crippen molar-refractivity contribution in [2.45, 2.75) is 26.2 Å². The van der Waals surface area contributed by atoms with Crippen molar-refractivity contribution >= 4 is 18.7 Å². The van der Waals surface area contributed by atoms with Crippen LogP contribution in [0.4, 0.5) is 13.2 Å². The number of nitrogens with zero attached hydrogens (tertiary/aromatic N) is 4. The van der Waals surface area contributed by atoms with Crippen LogP contribution >= 0.6 is 0 Å². The second-order valence-electron chi connectivity index (χ2n) is 7.54. The van der Waals surface area contributed by atoms with Gasteiger partial charge in [-0.1, -0.05) is 25.2 Å². The molecule has 0 bridgehead atoms. The first-order chi connectivity index (χ1) is 14.1. The number of pyridine rings is 2. The van der Waals surface area contributed by atoms with Crippen molar-refractivity contribution < 1.29 is 13.2 Å². The molecular formula is C20H19F3N6Si. The van der Waals surface area contributed by atoms with Crippen molar-refractivity contribution in [1.82, 2.24) is 30.4 Å². The van der Waals surface area contributed by atoms with Gasteiger partial charge in [-0.15, -0.1) is 0 Å². The van der Waals surface area contributed by atoms with Crippen LogP contribution in [0.2, 0.25) is 13.1 Å². The Labute approximate surface area is 171 Å². The van der Waals surface area contributed by atoms with Crippen LogP contribution in [-0.4, -0.2) is 38.4 Å². The lowest BCUT2D eigenvalue weighted by Gasteiger charge is -2.22. The Bertz CT molecular complexity index is 1190. The third kappa shape index (κ3) is 3.77. The first-order valence-corrected chi connectivity index (χ1v) is 12.2. The minimum absolute atomic E-state index is 0.155. The topological polar surface area (TPSA) is 83.1 Å². The normalized spacial score (nSPS) is 12.3. The maximum absolute atomic E-state index is 12.9. The maximum atomic E-state index is 12.9. The van der Waals surface area contributed by atoms with Gasteiger partial charge in [0.1, 0.15) is 17.1 Å². The Morgan fingerprint density at radius 3 is 1.77 bits per heavy atom. The fourth-order valence-corrected chi connectivity index (χ4v) is 5.22. The van der Waals surface area contributed by atoms with E-state index in [0.29, 0.717) is 5.69 Å². The van der Waals surface area contributed by atoms with E-state index >= 15 is 0 Å². The predicted molar refractivity (Wildman–Crippen MR) is 110 cm³/mol. The molecule has 0 saturated heterocycles. The van der Waals surface area contributed by atoms with Crippen LogP contribution < -0.4 is 10.6 Å². The van der Waals surface area contributed by atoms with Gasteiger partial charge in [-0.25, -0.2) is 0 Å². The smallest absolute Gasteiger partial charge is 0.282 e. The average Bonchev–Trinajstić information content (AvgIpc) is 3.37. The first-order valence-electron chi connectivity index (χ1n) is 9.25. The quantitative estimate of drug-likeness (QED) is 0.488. The van der Waals surface area contributed by atoms with E-state index in [1.807, 2.05) is 42.4 Å². The van der Waals surface area contributed by atoms with Gasteiger partial charge in [0.25, 0.3) is 0 Å². The Morgan fingerprint density at radius 1 is 0.767 bits per heavy atom. The molecule has 0 aromatic carbocycles. The van der Waals surface area contributed by atoms with Gasteiger partial charge in [0, 0.05) is 16.3 Å². The standard InChI is InChI=1S/C20H19F3N6Si/c1-12-10-15(27-26-12)13-6-4-8-18(24-13)30(2,3)19-9-5-7-14(25-19)16-11-17(29-28-16)20(21,22)23/h4-11H,1-3H3,(H,26,27)(H,28,29). The number of H-pyrrole nitrogens is 2. The summed E-state index contributed by atoms with van der Waals surface area (Å²) in [5, 5.41) is 14.7. The molecule has 0 spiro atoms. The van der Waals surface area contributed by atoms with E-state index in [-0.39, 0.29) is 5.69 Å². The molecule has 4 aromatic rings. The largest absolute Gasteiger partial charge is 0.432 e. The summed E-state index contributed by atoms with van der Waals surface area (Å²) < 4.78 is 38.7. The summed E-state index contributed by atoms with van der Waals surface area (Å²) in [7, 11) is -2.33. The van der Waals surface area contributed by atoms with Gasteiger partial charge in [-0.05, 0) is 43.3 Å². The fourth-order valence-electron chi connectivity index (χ4n) is 3.13. The summed E-state index contributed by atoms with van der Waals surface area (Å²) in [5.74, 6) is 0. The Kier molecular flexibility index (Phi) is 4.81. The van der Waals surface area contributed by atoms with Crippen LogP contribution in [0.3, 0.4) is 0 Å². The van der Waals surface area contributed by atoms with Crippen LogP contribution in [-0.2, 0) is 6.18 Å². The average molecular weight is 428 g/mol. The highest BCUT2D eigenvalue weighted by Gasteiger charge is 2.34. The number of hydrogen-bond donors (Lipinski definition) is 2. The van der Waals surface area contributed by atoms with Gasteiger partial charge in [0.05, 0.1) is 11.4 Å². The van der Waals surface area contributed by atoms with Crippen molar-refractivity contribution in [2.24, 2.45) is 0 Å². The zero-order chi connectivity index (χ0) is 21.5. The van der Waals surface area contributed by atoms with Crippen molar-refractivity contribution in [3.63, 3.8) is 0 Å².